The van der Waals surface area contributed by atoms with E-state index in [2.05, 4.69) is 46.4 Å². The van der Waals surface area contributed by atoms with Crippen LogP contribution in [0.2, 0.25) is 0 Å². The molecular formula is C18H29N3O2. The van der Waals surface area contributed by atoms with Crippen molar-refractivity contribution >= 4 is 5.96 Å². The summed E-state index contributed by atoms with van der Waals surface area (Å²) in [5.41, 5.74) is 1.31. The van der Waals surface area contributed by atoms with Gasteiger partial charge < -0.3 is 20.1 Å². The number of aliphatic imine (C=N–C) groups is 1. The molecule has 1 aromatic rings. The summed E-state index contributed by atoms with van der Waals surface area (Å²) in [6.07, 6.45) is 2.48. The Labute approximate surface area is 139 Å². The van der Waals surface area contributed by atoms with Gasteiger partial charge in [0.1, 0.15) is 0 Å². The predicted molar refractivity (Wildman–Crippen MR) is 93.8 cm³/mol. The van der Waals surface area contributed by atoms with Crippen LogP contribution in [-0.2, 0) is 11.2 Å². The van der Waals surface area contributed by atoms with Gasteiger partial charge in [0.25, 0.3) is 0 Å². The van der Waals surface area contributed by atoms with Crippen molar-refractivity contribution in [2.24, 2.45) is 4.99 Å². The molecule has 0 aliphatic carbocycles. The first-order chi connectivity index (χ1) is 11.3. The van der Waals surface area contributed by atoms with Crippen molar-refractivity contribution in [1.82, 2.24) is 10.2 Å². The lowest BCUT2D eigenvalue weighted by molar-refractivity contribution is 0.136. The standard InChI is InChI=1S/C18H29N3O2/c1-2-19-18(21-12-9-17(22)15-21)20-11-6-13-23-14-10-16-7-4-3-5-8-16/h3-5,7-8,17,22H,2,6,9-15H2,1H3,(H,19,20)/t17-/m1/s1. The van der Waals surface area contributed by atoms with Crippen molar-refractivity contribution in [2.75, 3.05) is 39.4 Å². The Morgan fingerprint density at radius 1 is 1.35 bits per heavy atom. The second-order valence-electron chi connectivity index (χ2n) is 5.83. The van der Waals surface area contributed by atoms with Gasteiger partial charge in [0, 0.05) is 32.8 Å². The van der Waals surface area contributed by atoms with E-state index in [1.165, 1.54) is 5.56 Å². The SMILES string of the molecule is CCNC(=NCCCOCCc1ccccc1)N1CC[C@@H](O)C1. The zero-order chi connectivity index (χ0) is 16.3. The summed E-state index contributed by atoms with van der Waals surface area (Å²) in [6, 6.07) is 10.4. The first-order valence-corrected chi connectivity index (χ1v) is 8.62. The molecular weight excluding hydrogens is 290 g/mol. The van der Waals surface area contributed by atoms with Crippen LogP contribution < -0.4 is 5.32 Å². The average molecular weight is 319 g/mol. The molecule has 0 amide bonds. The topological polar surface area (TPSA) is 57.1 Å². The summed E-state index contributed by atoms with van der Waals surface area (Å²) in [4.78, 5) is 6.76. The predicted octanol–water partition coefficient (Wildman–Crippen LogP) is 1.67. The van der Waals surface area contributed by atoms with Crippen LogP contribution in [0.5, 0.6) is 0 Å². The maximum atomic E-state index is 9.63. The molecule has 0 spiro atoms. The van der Waals surface area contributed by atoms with Gasteiger partial charge in [-0.05, 0) is 31.7 Å². The molecule has 1 heterocycles. The van der Waals surface area contributed by atoms with Gasteiger partial charge in [0.05, 0.1) is 12.7 Å². The van der Waals surface area contributed by atoms with Crippen LogP contribution in [0.15, 0.2) is 35.3 Å². The second-order valence-corrected chi connectivity index (χ2v) is 5.83. The number of rotatable bonds is 8. The molecule has 0 bridgehead atoms. The van der Waals surface area contributed by atoms with Gasteiger partial charge in [-0.25, -0.2) is 0 Å². The second kappa shape index (κ2) is 10.2. The van der Waals surface area contributed by atoms with Gasteiger partial charge in [-0.15, -0.1) is 0 Å². The molecule has 0 radical (unpaired) electrons. The fourth-order valence-corrected chi connectivity index (χ4v) is 2.65. The van der Waals surface area contributed by atoms with Gasteiger partial charge in [-0.1, -0.05) is 30.3 Å². The van der Waals surface area contributed by atoms with E-state index >= 15 is 0 Å². The Balaban J connectivity index is 1.60. The Kier molecular flexibility index (Phi) is 7.90. The number of aliphatic hydroxyl groups excluding tert-OH is 1. The van der Waals surface area contributed by atoms with Gasteiger partial charge in [0.2, 0.25) is 0 Å². The normalized spacial score (nSPS) is 18.4. The molecule has 0 saturated carbocycles. The molecule has 0 unspecified atom stereocenters. The highest BCUT2D eigenvalue weighted by Crippen LogP contribution is 2.08. The van der Waals surface area contributed by atoms with E-state index in [-0.39, 0.29) is 6.10 Å². The van der Waals surface area contributed by atoms with Crippen molar-refractivity contribution in [3.05, 3.63) is 35.9 Å². The molecule has 1 saturated heterocycles. The van der Waals surface area contributed by atoms with E-state index in [0.717, 1.165) is 58.1 Å². The summed E-state index contributed by atoms with van der Waals surface area (Å²) in [7, 11) is 0. The minimum absolute atomic E-state index is 0.222. The van der Waals surface area contributed by atoms with Crippen molar-refractivity contribution in [2.45, 2.75) is 32.3 Å². The van der Waals surface area contributed by atoms with Crippen molar-refractivity contribution in [1.29, 1.82) is 0 Å². The number of nitrogens with zero attached hydrogens (tertiary/aromatic N) is 2. The number of guanidine groups is 1. The van der Waals surface area contributed by atoms with Crippen LogP contribution in [-0.4, -0.2) is 61.5 Å². The fraction of sp³-hybridized carbons (Fsp3) is 0.611. The number of likely N-dealkylation sites (tertiary alicyclic amines) is 1. The van der Waals surface area contributed by atoms with E-state index in [0.29, 0.717) is 6.54 Å². The van der Waals surface area contributed by atoms with E-state index in [4.69, 9.17) is 4.74 Å². The van der Waals surface area contributed by atoms with Gasteiger partial charge in [-0.3, -0.25) is 4.99 Å². The molecule has 5 heteroatoms. The number of hydrogen-bond acceptors (Lipinski definition) is 3. The summed E-state index contributed by atoms with van der Waals surface area (Å²) in [5, 5.41) is 12.9. The lowest BCUT2D eigenvalue weighted by Gasteiger charge is -2.20. The molecule has 1 aromatic carbocycles. The van der Waals surface area contributed by atoms with Gasteiger partial charge in [-0.2, -0.15) is 0 Å². The van der Waals surface area contributed by atoms with Crippen LogP contribution in [0.25, 0.3) is 0 Å². The quantitative estimate of drug-likeness (QED) is 0.435. The number of benzene rings is 1. The van der Waals surface area contributed by atoms with Crippen molar-refractivity contribution in [3.8, 4) is 0 Å². The van der Waals surface area contributed by atoms with E-state index in [1.807, 2.05) is 6.07 Å². The molecule has 2 rings (SSSR count). The van der Waals surface area contributed by atoms with Crippen LogP contribution in [0.3, 0.4) is 0 Å². The van der Waals surface area contributed by atoms with E-state index < -0.39 is 0 Å². The van der Waals surface area contributed by atoms with Gasteiger partial charge in [0.15, 0.2) is 5.96 Å². The first kappa shape index (κ1) is 17.8. The highest BCUT2D eigenvalue weighted by Gasteiger charge is 2.22. The molecule has 1 atom stereocenters. The summed E-state index contributed by atoms with van der Waals surface area (Å²) < 4.78 is 5.68. The number of β-amino-alcohol motifs (C(OH)–C–C–N with tert-alkyl or cyclic N) is 1. The van der Waals surface area contributed by atoms with Crippen LogP contribution >= 0.6 is 0 Å². The average Bonchev–Trinajstić information content (AvgIpc) is 3.00. The molecule has 1 fully saturated rings. The number of nitrogens with one attached hydrogen (secondary N) is 1. The minimum Gasteiger partial charge on any atom is -0.391 e. The molecule has 2 N–H and O–H groups in total. The maximum Gasteiger partial charge on any atom is 0.194 e. The lowest BCUT2D eigenvalue weighted by Crippen LogP contribution is -2.40. The highest BCUT2D eigenvalue weighted by molar-refractivity contribution is 5.80. The van der Waals surface area contributed by atoms with Crippen LogP contribution in [0.4, 0.5) is 0 Å². The third kappa shape index (κ3) is 6.59. The van der Waals surface area contributed by atoms with E-state index in [9.17, 15) is 5.11 Å². The number of hydrogen-bond donors (Lipinski definition) is 2. The van der Waals surface area contributed by atoms with Crippen molar-refractivity contribution < 1.29 is 9.84 Å². The highest BCUT2D eigenvalue weighted by atomic mass is 16.5. The zero-order valence-corrected chi connectivity index (χ0v) is 14.1. The third-order valence-electron chi connectivity index (χ3n) is 3.88. The van der Waals surface area contributed by atoms with Crippen LogP contribution in [0.1, 0.15) is 25.3 Å². The first-order valence-electron chi connectivity index (χ1n) is 8.62. The largest absolute Gasteiger partial charge is 0.391 e. The van der Waals surface area contributed by atoms with Gasteiger partial charge >= 0.3 is 0 Å². The lowest BCUT2D eigenvalue weighted by atomic mass is 10.2. The summed E-state index contributed by atoms with van der Waals surface area (Å²) >= 11 is 0. The van der Waals surface area contributed by atoms with E-state index in [1.54, 1.807) is 0 Å². The molecule has 5 nitrogen and oxygen atoms in total. The van der Waals surface area contributed by atoms with Crippen molar-refractivity contribution in [3.63, 3.8) is 0 Å². The molecule has 1 aliphatic rings. The van der Waals surface area contributed by atoms with Crippen LogP contribution in [0, 0.1) is 0 Å². The molecule has 128 valence electrons. The number of ether oxygens (including phenoxy) is 1. The summed E-state index contributed by atoms with van der Waals surface area (Å²) in [5.74, 6) is 0.910. The molecule has 1 aliphatic heterocycles. The number of aliphatic hydroxyl groups is 1. The fourth-order valence-electron chi connectivity index (χ4n) is 2.65. The smallest absolute Gasteiger partial charge is 0.194 e. The zero-order valence-electron chi connectivity index (χ0n) is 14.1. The summed E-state index contributed by atoms with van der Waals surface area (Å²) in [6.45, 7) is 6.71. The molecule has 23 heavy (non-hydrogen) atoms. The Morgan fingerprint density at radius 3 is 2.87 bits per heavy atom. The molecule has 0 aromatic heterocycles. The Morgan fingerprint density at radius 2 is 2.17 bits per heavy atom. The monoisotopic (exact) mass is 319 g/mol. The third-order valence-corrected chi connectivity index (χ3v) is 3.88. The minimum atomic E-state index is -0.222. The maximum absolute atomic E-state index is 9.63. The Bertz CT molecular complexity index is 465. The Hall–Kier alpha value is -1.59.